The molecule has 0 amide bonds. The second-order valence-corrected chi connectivity index (χ2v) is 6.17. The molecule has 0 aliphatic rings. The van der Waals surface area contributed by atoms with Gasteiger partial charge in [-0.3, -0.25) is 0 Å². The molecule has 116 valence electrons. The minimum absolute atomic E-state index is 0.0784. The van der Waals surface area contributed by atoms with Gasteiger partial charge in [0.25, 0.3) is 0 Å². The second kappa shape index (κ2) is 7.46. The molecule has 0 aliphatic heterocycles. The fraction of sp³-hybridized carbons (Fsp3) is 0.143. The predicted molar refractivity (Wildman–Crippen MR) is 85.2 cm³/mol. The Morgan fingerprint density at radius 1 is 1.36 bits per heavy atom. The molecule has 1 heterocycles. The molecule has 0 bridgehead atoms. The second-order valence-electron chi connectivity index (χ2n) is 4.09. The number of rotatable bonds is 5. The van der Waals surface area contributed by atoms with Crippen LogP contribution in [-0.4, -0.2) is 27.5 Å². The Morgan fingerprint density at radius 2 is 2.14 bits per heavy atom. The van der Waals surface area contributed by atoms with Crippen LogP contribution < -0.4 is 5.32 Å². The van der Waals surface area contributed by atoms with Crippen LogP contribution in [0.2, 0.25) is 0 Å². The average molecular weight is 341 g/mol. The van der Waals surface area contributed by atoms with E-state index in [1.54, 1.807) is 13.2 Å². The number of nitrogens with zero attached hydrogens (tertiary/aromatic N) is 2. The van der Waals surface area contributed by atoms with Gasteiger partial charge in [-0.2, -0.15) is 0 Å². The Bertz CT molecular complexity index is 738. The zero-order chi connectivity index (χ0) is 16.1. The van der Waals surface area contributed by atoms with Crippen LogP contribution in [0.5, 0.6) is 0 Å². The first-order valence-electron chi connectivity index (χ1n) is 6.17. The Labute approximate surface area is 133 Å². The van der Waals surface area contributed by atoms with Gasteiger partial charge in [-0.05, 0) is 24.5 Å². The van der Waals surface area contributed by atoms with E-state index in [1.165, 1.54) is 23.2 Å². The highest BCUT2D eigenvalue weighted by atomic mass is 32.2. The zero-order valence-corrected chi connectivity index (χ0v) is 13.5. The van der Waals surface area contributed by atoms with Crippen LogP contribution >= 0.6 is 11.8 Å². The summed E-state index contributed by atoms with van der Waals surface area (Å²) in [6.07, 6.45) is 4.98. The molecule has 0 saturated carbocycles. The van der Waals surface area contributed by atoms with Crippen molar-refractivity contribution in [3.63, 3.8) is 0 Å². The van der Waals surface area contributed by atoms with Crippen molar-refractivity contribution in [3.05, 3.63) is 47.0 Å². The summed E-state index contributed by atoms with van der Waals surface area (Å²) in [4.78, 5) is 8.30. The smallest absolute Gasteiger partial charge is 0.189 e. The van der Waals surface area contributed by atoms with Crippen molar-refractivity contribution in [3.8, 4) is 0 Å². The molecular weight excluding hydrogens is 328 g/mol. The molecule has 2 rings (SSSR count). The van der Waals surface area contributed by atoms with Crippen LogP contribution in [0.25, 0.3) is 6.08 Å². The van der Waals surface area contributed by atoms with Gasteiger partial charge in [0.15, 0.2) is 5.16 Å². The minimum atomic E-state index is -1.73. The molecule has 8 heteroatoms. The topological polar surface area (TPSA) is 54.9 Å². The molecule has 0 aliphatic carbocycles. The maximum Gasteiger partial charge on any atom is 0.189 e. The van der Waals surface area contributed by atoms with Gasteiger partial charge in [0.2, 0.25) is 0 Å². The van der Waals surface area contributed by atoms with Gasteiger partial charge in [-0.25, -0.2) is 23.0 Å². The SMILES string of the molecule is CNc1nc(SC)ncc1/C=C/S(=O)c1ccc(F)cc1F. The average Bonchev–Trinajstić information content (AvgIpc) is 2.52. The molecule has 0 spiro atoms. The Hall–Kier alpha value is -1.80. The lowest BCUT2D eigenvalue weighted by Gasteiger charge is -2.05. The molecule has 0 fully saturated rings. The van der Waals surface area contributed by atoms with Gasteiger partial charge < -0.3 is 5.32 Å². The van der Waals surface area contributed by atoms with Gasteiger partial charge in [0.1, 0.15) is 17.5 Å². The van der Waals surface area contributed by atoms with Gasteiger partial charge in [0.05, 0.1) is 15.7 Å². The number of hydrogen-bond donors (Lipinski definition) is 1. The predicted octanol–water partition coefficient (Wildman–Crippen LogP) is 3.30. The minimum Gasteiger partial charge on any atom is -0.373 e. The molecule has 4 nitrogen and oxygen atoms in total. The first-order valence-corrected chi connectivity index (χ1v) is 8.61. The lowest BCUT2D eigenvalue weighted by Crippen LogP contribution is -1.99. The molecule has 22 heavy (non-hydrogen) atoms. The number of aromatic nitrogens is 2. The lowest BCUT2D eigenvalue weighted by molar-refractivity contribution is 0.563. The fourth-order valence-corrected chi connectivity index (χ4v) is 2.85. The van der Waals surface area contributed by atoms with Crippen LogP contribution in [0.3, 0.4) is 0 Å². The number of anilines is 1. The van der Waals surface area contributed by atoms with E-state index in [4.69, 9.17) is 0 Å². The van der Waals surface area contributed by atoms with Crippen LogP contribution in [-0.2, 0) is 10.8 Å². The van der Waals surface area contributed by atoms with E-state index < -0.39 is 22.4 Å². The molecule has 0 radical (unpaired) electrons. The Balaban J connectivity index is 2.26. The third kappa shape index (κ3) is 3.89. The van der Waals surface area contributed by atoms with E-state index in [9.17, 15) is 13.0 Å². The van der Waals surface area contributed by atoms with Crippen molar-refractivity contribution in [2.45, 2.75) is 10.1 Å². The lowest BCUT2D eigenvalue weighted by atomic mass is 10.3. The van der Waals surface area contributed by atoms with E-state index in [0.717, 1.165) is 12.1 Å². The summed E-state index contributed by atoms with van der Waals surface area (Å²) in [7, 11) is -0.0232. The van der Waals surface area contributed by atoms with Crippen LogP contribution in [0.4, 0.5) is 14.6 Å². The summed E-state index contributed by atoms with van der Waals surface area (Å²) in [6.45, 7) is 0. The van der Waals surface area contributed by atoms with Crippen LogP contribution in [0.1, 0.15) is 5.56 Å². The molecule has 2 aromatic rings. The normalized spacial score (nSPS) is 12.5. The maximum atomic E-state index is 13.6. The number of halogens is 2. The summed E-state index contributed by atoms with van der Waals surface area (Å²) in [5.74, 6) is -0.973. The molecule has 0 saturated heterocycles. The quantitative estimate of drug-likeness (QED) is 0.668. The highest BCUT2D eigenvalue weighted by Gasteiger charge is 2.09. The van der Waals surface area contributed by atoms with E-state index in [1.807, 2.05) is 6.26 Å². The van der Waals surface area contributed by atoms with E-state index in [2.05, 4.69) is 15.3 Å². The van der Waals surface area contributed by atoms with Crippen molar-refractivity contribution < 1.29 is 13.0 Å². The fourth-order valence-electron chi connectivity index (χ4n) is 1.64. The molecule has 1 atom stereocenters. The third-order valence-corrected chi connectivity index (χ3v) is 4.41. The Kier molecular flexibility index (Phi) is 5.62. The molecular formula is C14H13F2N3OS2. The summed E-state index contributed by atoms with van der Waals surface area (Å²) in [5.41, 5.74) is 0.621. The number of thioether (sulfide) groups is 1. The van der Waals surface area contributed by atoms with E-state index in [0.29, 0.717) is 22.6 Å². The molecule has 1 unspecified atom stereocenters. The van der Waals surface area contributed by atoms with Crippen molar-refractivity contribution in [2.24, 2.45) is 0 Å². The van der Waals surface area contributed by atoms with E-state index in [-0.39, 0.29) is 4.90 Å². The van der Waals surface area contributed by atoms with Gasteiger partial charge in [0, 0.05) is 30.3 Å². The third-order valence-electron chi connectivity index (χ3n) is 2.70. The monoisotopic (exact) mass is 341 g/mol. The first-order chi connectivity index (χ1) is 10.5. The number of nitrogens with one attached hydrogen (secondary N) is 1. The standard InChI is InChI=1S/C14H13F2N3OS2/c1-17-13-9(8-18-14(19-13)21-2)5-6-22(20)12-4-3-10(15)7-11(12)16/h3-8H,1-2H3,(H,17,18,19)/b6-5+. The summed E-state index contributed by atoms with van der Waals surface area (Å²) in [6, 6.07) is 2.94. The first kappa shape index (κ1) is 16.6. The van der Waals surface area contributed by atoms with Crippen LogP contribution in [0, 0.1) is 11.6 Å². The summed E-state index contributed by atoms with van der Waals surface area (Å²) in [5, 5.41) is 4.83. The van der Waals surface area contributed by atoms with Crippen molar-refractivity contribution in [1.82, 2.24) is 9.97 Å². The largest absolute Gasteiger partial charge is 0.373 e. The highest BCUT2D eigenvalue weighted by Crippen LogP contribution is 2.19. The zero-order valence-electron chi connectivity index (χ0n) is 11.8. The summed E-state index contributed by atoms with van der Waals surface area (Å²) < 4.78 is 38.5. The highest BCUT2D eigenvalue weighted by molar-refractivity contribution is 7.98. The van der Waals surface area contributed by atoms with Gasteiger partial charge in [-0.15, -0.1) is 0 Å². The van der Waals surface area contributed by atoms with Gasteiger partial charge in [-0.1, -0.05) is 11.8 Å². The van der Waals surface area contributed by atoms with Crippen molar-refractivity contribution in [1.29, 1.82) is 0 Å². The number of benzene rings is 1. The Morgan fingerprint density at radius 3 is 2.77 bits per heavy atom. The van der Waals surface area contributed by atoms with Gasteiger partial charge >= 0.3 is 0 Å². The molecule has 1 aromatic carbocycles. The van der Waals surface area contributed by atoms with Crippen molar-refractivity contribution in [2.75, 3.05) is 18.6 Å². The molecule has 1 aromatic heterocycles. The number of hydrogen-bond acceptors (Lipinski definition) is 5. The van der Waals surface area contributed by atoms with Crippen LogP contribution in [0.15, 0.2) is 39.9 Å². The van der Waals surface area contributed by atoms with E-state index >= 15 is 0 Å². The molecule has 1 N–H and O–H groups in total. The van der Waals surface area contributed by atoms with Crippen molar-refractivity contribution >= 4 is 34.5 Å². The maximum absolute atomic E-state index is 13.6. The summed E-state index contributed by atoms with van der Waals surface area (Å²) >= 11 is 1.40.